The molecular formula is C15H28O2. The SMILES string of the molecule is O=C1CCCCCCCOCCCCCCC1. The highest BCUT2D eigenvalue weighted by Gasteiger charge is 2.02. The molecule has 0 atom stereocenters. The molecule has 2 nitrogen and oxygen atoms in total. The van der Waals surface area contributed by atoms with E-state index < -0.39 is 0 Å². The molecule has 1 aliphatic rings. The molecule has 0 bridgehead atoms. The average Bonchev–Trinajstić information content (AvgIpc) is 2.32. The summed E-state index contributed by atoms with van der Waals surface area (Å²) in [6.45, 7) is 1.86. The van der Waals surface area contributed by atoms with Crippen LogP contribution in [-0.4, -0.2) is 19.0 Å². The zero-order valence-corrected chi connectivity index (χ0v) is 11.2. The molecular weight excluding hydrogens is 212 g/mol. The van der Waals surface area contributed by atoms with Crippen molar-refractivity contribution < 1.29 is 9.53 Å². The van der Waals surface area contributed by atoms with Crippen molar-refractivity contribution in [3.8, 4) is 0 Å². The van der Waals surface area contributed by atoms with Gasteiger partial charge in [0.1, 0.15) is 5.78 Å². The van der Waals surface area contributed by atoms with Gasteiger partial charge in [-0.3, -0.25) is 4.79 Å². The topological polar surface area (TPSA) is 26.3 Å². The molecule has 1 rings (SSSR count). The molecule has 0 unspecified atom stereocenters. The Morgan fingerprint density at radius 2 is 1.00 bits per heavy atom. The number of ketones is 1. The van der Waals surface area contributed by atoms with Crippen molar-refractivity contribution in [1.29, 1.82) is 0 Å². The van der Waals surface area contributed by atoms with Crippen LogP contribution in [0, 0.1) is 0 Å². The second-order valence-corrected chi connectivity index (χ2v) is 5.19. The number of rotatable bonds is 0. The van der Waals surface area contributed by atoms with Crippen LogP contribution in [0.5, 0.6) is 0 Å². The quantitative estimate of drug-likeness (QED) is 0.632. The normalized spacial score (nSPS) is 23.4. The van der Waals surface area contributed by atoms with Gasteiger partial charge in [0.2, 0.25) is 0 Å². The molecule has 0 saturated carbocycles. The van der Waals surface area contributed by atoms with Crippen LogP contribution in [0.1, 0.15) is 77.0 Å². The summed E-state index contributed by atoms with van der Waals surface area (Å²) in [6, 6.07) is 0. The van der Waals surface area contributed by atoms with Gasteiger partial charge in [0.25, 0.3) is 0 Å². The number of hydrogen-bond acceptors (Lipinski definition) is 2. The van der Waals surface area contributed by atoms with Gasteiger partial charge in [0, 0.05) is 26.1 Å². The molecule has 0 radical (unpaired) electrons. The highest BCUT2D eigenvalue weighted by molar-refractivity contribution is 5.78. The molecule has 0 spiro atoms. The fourth-order valence-electron chi connectivity index (χ4n) is 2.34. The van der Waals surface area contributed by atoms with E-state index in [9.17, 15) is 4.79 Å². The first kappa shape index (κ1) is 14.7. The number of hydrogen-bond donors (Lipinski definition) is 0. The first-order valence-electron chi connectivity index (χ1n) is 7.49. The third kappa shape index (κ3) is 9.34. The summed E-state index contributed by atoms with van der Waals surface area (Å²) in [5.41, 5.74) is 0. The number of carbonyl (C=O) groups is 1. The molecule has 1 saturated heterocycles. The highest BCUT2D eigenvalue weighted by Crippen LogP contribution is 2.11. The minimum atomic E-state index is 0.487. The van der Waals surface area contributed by atoms with Crippen molar-refractivity contribution in [2.45, 2.75) is 77.0 Å². The summed E-state index contributed by atoms with van der Waals surface area (Å²) in [6.07, 6.45) is 13.7. The summed E-state index contributed by atoms with van der Waals surface area (Å²) in [7, 11) is 0. The summed E-state index contributed by atoms with van der Waals surface area (Å²) in [5.74, 6) is 0.487. The Kier molecular flexibility index (Phi) is 9.30. The Morgan fingerprint density at radius 1 is 0.588 bits per heavy atom. The molecule has 0 amide bonds. The van der Waals surface area contributed by atoms with Crippen LogP contribution in [0.3, 0.4) is 0 Å². The average molecular weight is 240 g/mol. The zero-order chi connectivity index (χ0) is 12.2. The van der Waals surface area contributed by atoms with E-state index in [0.29, 0.717) is 5.78 Å². The number of Topliss-reactive ketones (excluding diaryl/α,β-unsaturated/α-hetero) is 1. The van der Waals surface area contributed by atoms with Gasteiger partial charge in [-0.05, 0) is 25.7 Å². The minimum Gasteiger partial charge on any atom is -0.381 e. The second-order valence-electron chi connectivity index (χ2n) is 5.19. The van der Waals surface area contributed by atoms with Crippen LogP contribution >= 0.6 is 0 Å². The van der Waals surface area contributed by atoms with Crippen LogP contribution in [0.2, 0.25) is 0 Å². The van der Waals surface area contributed by atoms with Gasteiger partial charge in [0.15, 0.2) is 0 Å². The molecule has 1 heterocycles. The van der Waals surface area contributed by atoms with Crippen molar-refractivity contribution >= 4 is 5.78 Å². The van der Waals surface area contributed by atoms with Crippen LogP contribution in [-0.2, 0) is 9.53 Å². The maximum Gasteiger partial charge on any atom is 0.132 e. The molecule has 0 aromatic rings. The predicted octanol–water partition coefficient (Wildman–Crippen LogP) is 4.27. The lowest BCUT2D eigenvalue weighted by molar-refractivity contribution is -0.119. The van der Waals surface area contributed by atoms with Gasteiger partial charge in [-0.1, -0.05) is 38.5 Å². The third-order valence-electron chi connectivity index (χ3n) is 3.49. The van der Waals surface area contributed by atoms with Gasteiger partial charge in [-0.15, -0.1) is 0 Å². The van der Waals surface area contributed by atoms with E-state index >= 15 is 0 Å². The summed E-state index contributed by atoms with van der Waals surface area (Å²) >= 11 is 0. The number of ether oxygens (including phenoxy) is 1. The van der Waals surface area contributed by atoms with Crippen LogP contribution in [0.15, 0.2) is 0 Å². The Morgan fingerprint density at radius 3 is 1.53 bits per heavy atom. The Bertz CT molecular complexity index is 171. The van der Waals surface area contributed by atoms with Crippen LogP contribution < -0.4 is 0 Å². The van der Waals surface area contributed by atoms with E-state index in [-0.39, 0.29) is 0 Å². The molecule has 0 aliphatic carbocycles. The van der Waals surface area contributed by atoms with Crippen LogP contribution in [0.4, 0.5) is 0 Å². The molecule has 0 aromatic carbocycles. The van der Waals surface area contributed by atoms with E-state index in [2.05, 4.69) is 0 Å². The van der Waals surface area contributed by atoms with Gasteiger partial charge in [-0.25, -0.2) is 0 Å². The molecule has 1 aliphatic heterocycles. The highest BCUT2D eigenvalue weighted by atomic mass is 16.5. The van der Waals surface area contributed by atoms with Crippen LogP contribution in [0.25, 0.3) is 0 Å². The summed E-state index contributed by atoms with van der Waals surface area (Å²) in [4.78, 5) is 11.6. The Labute approximate surface area is 106 Å². The monoisotopic (exact) mass is 240 g/mol. The fourth-order valence-corrected chi connectivity index (χ4v) is 2.34. The molecule has 0 N–H and O–H groups in total. The Balaban J connectivity index is 2.11. The van der Waals surface area contributed by atoms with Gasteiger partial charge in [-0.2, -0.15) is 0 Å². The molecule has 0 aromatic heterocycles. The largest absolute Gasteiger partial charge is 0.381 e. The predicted molar refractivity (Wildman–Crippen MR) is 71.2 cm³/mol. The van der Waals surface area contributed by atoms with Gasteiger partial charge in [0.05, 0.1) is 0 Å². The molecule has 2 heteroatoms. The van der Waals surface area contributed by atoms with Crippen molar-refractivity contribution in [3.05, 3.63) is 0 Å². The van der Waals surface area contributed by atoms with Gasteiger partial charge >= 0.3 is 0 Å². The third-order valence-corrected chi connectivity index (χ3v) is 3.49. The lowest BCUT2D eigenvalue weighted by atomic mass is 10.0. The van der Waals surface area contributed by atoms with E-state index in [4.69, 9.17) is 4.74 Å². The van der Waals surface area contributed by atoms with E-state index in [1.165, 1.54) is 51.4 Å². The first-order valence-corrected chi connectivity index (χ1v) is 7.49. The minimum absolute atomic E-state index is 0.487. The van der Waals surface area contributed by atoms with E-state index in [0.717, 1.165) is 38.9 Å². The lowest BCUT2D eigenvalue weighted by Crippen LogP contribution is -2.00. The fraction of sp³-hybridized carbons (Fsp3) is 0.933. The molecule has 100 valence electrons. The van der Waals surface area contributed by atoms with Crippen molar-refractivity contribution in [3.63, 3.8) is 0 Å². The molecule has 1 fully saturated rings. The van der Waals surface area contributed by atoms with Crippen molar-refractivity contribution in [2.75, 3.05) is 13.2 Å². The summed E-state index contributed by atoms with van der Waals surface area (Å²) < 4.78 is 5.60. The maximum absolute atomic E-state index is 11.6. The smallest absolute Gasteiger partial charge is 0.132 e. The van der Waals surface area contributed by atoms with E-state index in [1.807, 2.05) is 0 Å². The standard InChI is InChI=1S/C15H28O2/c16-15-11-7-3-1-5-9-13-17-14-10-6-2-4-8-12-15/h1-14H2. The van der Waals surface area contributed by atoms with Gasteiger partial charge < -0.3 is 4.74 Å². The first-order chi connectivity index (χ1) is 8.39. The Hall–Kier alpha value is -0.370. The second kappa shape index (κ2) is 10.8. The van der Waals surface area contributed by atoms with Crippen molar-refractivity contribution in [1.82, 2.24) is 0 Å². The molecule has 17 heavy (non-hydrogen) atoms. The summed E-state index contributed by atoms with van der Waals surface area (Å²) in [5, 5.41) is 0. The zero-order valence-electron chi connectivity index (χ0n) is 11.2. The number of carbonyl (C=O) groups excluding carboxylic acids is 1. The lowest BCUT2D eigenvalue weighted by Gasteiger charge is -2.06. The van der Waals surface area contributed by atoms with Crippen molar-refractivity contribution in [2.24, 2.45) is 0 Å². The maximum atomic E-state index is 11.6. The van der Waals surface area contributed by atoms with E-state index in [1.54, 1.807) is 0 Å².